The summed E-state index contributed by atoms with van der Waals surface area (Å²) in [5, 5.41) is 0. The van der Waals surface area contributed by atoms with Crippen LogP contribution in [0.1, 0.15) is 67.7 Å². The van der Waals surface area contributed by atoms with Gasteiger partial charge in [-0.2, -0.15) is 9.78 Å². The Hall–Kier alpha value is -0.680. The quantitative estimate of drug-likeness (QED) is 0.261. The van der Waals surface area contributed by atoms with Crippen LogP contribution in [-0.2, 0) is 19.6 Å². The Morgan fingerprint density at radius 2 is 1.35 bits per heavy atom. The van der Waals surface area contributed by atoms with E-state index in [0.29, 0.717) is 18.8 Å². The predicted octanol–water partition coefficient (Wildman–Crippen LogP) is 5.35. The van der Waals surface area contributed by atoms with E-state index in [1.165, 1.54) is 0 Å². The van der Waals surface area contributed by atoms with E-state index in [1.54, 1.807) is 12.2 Å². The van der Waals surface area contributed by atoms with Crippen molar-refractivity contribution < 1.29 is 19.6 Å². The molecule has 0 aromatic rings. The highest BCUT2D eigenvalue weighted by atomic mass is 17.3. The van der Waals surface area contributed by atoms with Crippen LogP contribution in [0.5, 0.6) is 0 Å². The van der Waals surface area contributed by atoms with Gasteiger partial charge in [-0.25, -0.2) is 9.78 Å². The second kappa shape index (κ2) is 7.06. The number of hydrogen-bond donors (Lipinski definition) is 0. The van der Waals surface area contributed by atoms with Crippen LogP contribution >= 0.6 is 0 Å². The highest BCUT2D eigenvalue weighted by molar-refractivity contribution is 4.91. The van der Waals surface area contributed by atoms with Gasteiger partial charge in [-0.3, -0.25) is 0 Å². The summed E-state index contributed by atoms with van der Waals surface area (Å²) in [5.41, 5.74) is -1.13. The lowest BCUT2D eigenvalue weighted by Gasteiger charge is -2.46. The Balaban J connectivity index is 2.95. The van der Waals surface area contributed by atoms with Crippen LogP contribution in [0.25, 0.3) is 0 Å². The third kappa shape index (κ3) is 6.38. The zero-order valence-electron chi connectivity index (χ0n) is 15.9. The highest BCUT2D eigenvalue weighted by Gasteiger charge is 2.48. The molecule has 1 fully saturated rings. The van der Waals surface area contributed by atoms with Crippen molar-refractivity contribution >= 4 is 0 Å². The number of rotatable bonds is 8. The van der Waals surface area contributed by atoms with Gasteiger partial charge >= 0.3 is 0 Å². The molecule has 4 nitrogen and oxygen atoms in total. The normalized spacial score (nSPS) is 24.2. The van der Waals surface area contributed by atoms with Gasteiger partial charge in [0.1, 0.15) is 11.2 Å². The molecule has 0 amide bonds. The molecule has 0 spiro atoms. The molecule has 4 heteroatoms. The van der Waals surface area contributed by atoms with E-state index < -0.39 is 17.0 Å². The van der Waals surface area contributed by atoms with Crippen LogP contribution in [0.15, 0.2) is 25.3 Å². The molecule has 0 saturated heterocycles. The van der Waals surface area contributed by atoms with Crippen molar-refractivity contribution in [2.45, 2.75) is 84.7 Å². The second-order valence-electron chi connectivity index (χ2n) is 8.71. The van der Waals surface area contributed by atoms with Crippen molar-refractivity contribution in [1.82, 2.24) is 0 Å². The molecular formula is C19H34O4. The minimum absolute atomic E-state index is 0.0705. The topological polar surface area (TPSA) is 36.9 Å². The Kier molecular flexibility index (Phi) is 6.25. The van der Waals surface area contributed by atoms with Gasteiger partial charge in [0.05, 0.1) is 0 Å². The predicted molar refractivity (Wildman–Crippen MR) is 92.4 cm³/mol. The average Bonchev–Trinajstić information content (AvgIpc) is 2.42. The lowest BCUT2D eigenvalue weighted by atomic mass is 9.70. The molecule has 1 unspecified atom stereocenters. The van der Waals surface area contributed by atoms with E-state index in [0.717, 1.165) is 6.42 Å². The fourth-order valence-corrected chi connectivity index (χ4v) is 3.00. The molecule has 1 saturated carbocycles. The molecule has 1 aliphatic carbocycles. The standard InChI is InChI=1S/C19H34O4/c1-10-17(6,7)20-22-19(23-21-18(8,9)11-2)13-15(3)12-16(4,5)14-19/h10-11,15H,1-2,12-14H2,3-9H3. The molecule has 1 atom stereocenters. The van der Waals surface area contributed by atoms with Gasteiger partial charge in [-0.1, -0.05) is 32.9 Å². The summed E-state index contributed by atoms with van der Waals surface area (Å²) in [6.45, 7) is 21.7. The fourth-order valence-electron chi connectivity index (χ4n) is 3.00. The lowest BCUT2D eigenvalue weighted by molar-refractivity contribution is -0.547. The molecule has 0 radical (unpaired) electrons. The maximum Gasteiger partial charge on any atom is 0.234 e. The van der Waals surface area contributed by atoms with Gasteiger partial charge in [0, 0.05) is 12.8 Å². The molecule has 0 aliphatic heterocycles. The van der Waals surface area contributed by atoms with Crippen molar-refractivity contribution in [3.8, 4) is 0 Å². The third-order valence-electron chi connectivity index (χ3n) is 4.11. The van der Waals surface area contributed by atoms with E-state index in [1.807, 2.05) is 27.7 Å². The van der Waals surface area contributed by atoms with Crippen molar-refractivity contribution in [3.63, 3.8) is 0 Å². The van der Waals surface area contributed by atoms with E-state index >= 15 is 0 Å². The Morgan fingerprint density at radius 3 is 1.70 bits per heavy atom. The lowest BCUT2D eigenvalue weighted by Crippen LogP contribution is -2.48. The molecule has 1 aliphatic rings. The van der Waals surface area contributed by atoms with Crippen LogP contribution in [0.3, 0.4) is 0 Å². The van der Waals surface area contributed by atoms with Crippen LogP contribution in [-0.4, -0.2) is 17.0 Å². The van der Waals surface area contributed by atoms with Gasteiger partial charge in [-0.15, -0.1) is 13.2 Å². The molecular weight excluding hydrogens is 292 g/mol. The summed E-state index contributed by atoms with van der Waals surface area (Å²) < 4.78 is 0. The first-order valence-electron chi connectivity index (χ1n) is 8.35. The fraction of sp³-hybridized carbons (Fsp3) is 0.789. The zero-order chi connectivity index (χ0) is 17.9. The minimum Gasteiger partial charge on any atom is -0.223 e. The van der Waals surface area contributed by atoms with Gasteiger partial charge in [0.15, 0.2) is 0 Å². The first-order chi connectivity index (χ1) is 10.3. The van der Waals surface area contributed by atoms with Gasteiger partial charge < -0.3 is 0 Å². The van der Waals surface area contributed by atoms with E-state index in [-0.39, 0.29) is 5.41 Å². The maximum atomic E-state index is 5.82. The molecule has 0 bridgehead atoms. The van der Waals surface area contributed by atoms with Crippen LogP contribution < -0.4 is 0 Å². The smallest absolute Gasteiger partial charge is 0.223 e. The monoisotopic (exact) mass is 326 g/mol. The highest BCUT2D eigenvalue weighted by Crippen LogP contribution is 2.47. The SMILES string of the molecule is C=CC(C)(C)OOC1(OOC(C)(C)C=C)CC(C)CC(C)(C)C1. The summed E-state index contributed by atoms with van der Waals surface area (Å²) >= 11 is 0. The van der Waals surface area contributed by atoms with E-state index in [2.05, 4.69) is 33.9 Å². The number of hydrogen-bond acceptors (Lipinski definition) is 4. The Morgan fingerprint density at radius 1 is 0.913 bits per heavy atom. The van der Waals surface area contributed by atoms with Crippen LogP contribution in [0.2, 0.25) is 0 Å². The Labute approximate surface area is 141 Å². The van der Waals surface area contributed by atoms with Crippen molar-refractivity contribution in [2.75, 3.05) is 0 Å². The second-order valence-corrected chi connectivity index (χ2v) is 8.71. The van der Waals surface area contributed by atoms with Crippen LogP contribution in [0, 0.1) is 11.3 Å². The molecule has 134 valence electrons. The minimum atomic E-state index is -0.943. The molecule has 1 rings (SSSR count). The van der Waals surface area contributed by atoms with E-state index in [9.17, 15) is 0 Å². The summed E-state index contributed by atoms with van der Waals surface area (Å²) in [7, 11) is 0. The van der Waals surface area contributed by atoms with Crippen LogP contribution in [0.4, 0.5) is 0 Å². The molecule has 23 heavy (non-hydrogen) atoms. The summed E-state index contributed by atoms with van der Waals surface area (Å²) in [5.74, 6) is -0.508. The maximum absolute atomic E-state index is 5.82. The first kappa shape index (κ1) is 20.4. The van der Waals surface area contributed by atoms with E-state index in [4.69, 9.17) is 19.6 Å². The molecule has 0 N–H and O–H groups in total. The van der Waals surface area contributed by atoms with Gasteiger partial charge in [-0.05, 0) is 45.4 Å². The first-order valence-corrected chi connectivity index (χ1v) is 8.35. The average molecular weight is 326 g/mol. The molecule has 0 aromatic carbocycles. The summed E-state index contributed by atoms with van der Waals surface area (Å²) in [4.78, 5) is 22.9. The Bertz CT molecular complexity index is 399. The molecule has 0 heterocycles. The van der Waals surface area contributed by atoms with Crippen molar-refractivity contribution in [3.05, 3.63) is 25.3 Å². The summed E-state index contributed by atoms with van der Waals surface area (Å²) in [6.07, 6.45) is 5.90. The van der Waals surface area contributed by atoms with Crippen molar-refractivity contribution in [2.24, 2.45) is 11.3 Å². The molecule has 0 aromatic heterocycles. The largest absolute Gasteiger partial charge is 0.234 e. The van der Waals surface area contributed by atoms with Gasteiger partial charge in [0.2, 0.25) is 5.79 Å². The third-order valence-corrected chi connectivity index (χ3v) is 4.11. The summed E-state index contributed by atoms with van der Waals surface area (Å²) in [6, 6.07) is 0. The zero-order valence-corrected chi connectivity index (χ0v) is 15.9. The van der Waals surface area contributed by atoms with Crippen molar-refractivity contribution in [1.29, 1.82) is 0 Å². The van der Waals surface area contributed by atoms with Gasteiger partial charge in [0.25, 0.3) is 0 Å².